The Balaban J connectivity index is 0.000000980. The van der Waals surface area contributed by atoms with Gasteiger partial charge in [-0.3, -0.25) is 0 Å². The molecule has 0 aliphatic carbocycles. The summed E-state index contributed by atoms with van der Waals surface area (Å²) >= 11 is 1.82. The van der Waals surface area contributed by atoms with E-state index in [1.165, 1.54) is 21.2 Å². The van der Waals surface area contributed by atoms with Crippen LogP contribution < -0.4 is 5.73 Å². The number of halogens is 1. The molecule has 3 heteroatoms. The predicted octanol–water partition coefficient (Wildman–Crippen LogP) is 3.13. The lowest BCUT2D eigenvalue weighted by Gasteiger charge is -1.97. The van der Waals surface area contributed by atoms with E-state index in [-0.39, 0.29) is 12.4 Å². The number of aryl methyl sites for hydroxylation is 1. The first kappa shape index (κ1) is 11.5. The molecule has 0 fully saturated rings. The van der Waals surface area contributed by atoms with Crippen molar-refractivity contribution < 1.29 is 0 Å². The second-order valence-electron chi connectivity index (χ2n) is 3.25. The van der Waals surface area contributed by atoms with E-state index in [9.17, 15) is 0 Å². The zero-order valence-electron chi connectivity index (χ0n) is 8.12. The summed E-state index contributed by atoms with van der Waals surface area (Å²) < 4.78 is 1.41. The van der Waals surface area contributed by atoms with Crippen LogP contribution in [0.25, 0.3) is 10.1 Å². The number of fused-ring (bicyclic) bond motifs is 1. The summed E-state index contributed by atoms with van der Waals surface area (Å²) in [6.07, 6.45) is 0.990. The molecular weight excluding hydrogens is 214 g/mol. The van der Waals surface area contributed by atoms with Crippen molar-refractivity contribution in [2.75, 3.05) is 6.54 Å². The minimum absolute atomic E-state index is 0. The van der Waals surface area contributed by atoms with Crippen LogP contribution in [0.2, 0.25) is 0 Å². The third-order valence-electron chi connectivity index (χ3n) is 2.29. The maximum atomic E-state index is 5.55. The van der Waals surface area contributed by atoms with E-state index in [1.54, 1.807) is 0 Å². The van der Waals surface area contributed by atoms with Crippen LogP contribution in [-0.2, 0) is 6.42 Å². The molecule has 76 valence electrons. The van der Waals surface area contributed by atoms with Crippen LogP contribution in [0.15, 0.2) is 23.6 Å². The summed E-state index contributed by atoms with van der Waals surface area (Å²) in [5, 5.41) is 3.61. The van der Waals surface area contributed by atoms with Crippen molar-refractivity contribution in [3.63, 3.8) is 0 Å². The van der Waals surface area contributed by atoms with Gasteiger partial charge >= 0.3 is 0 Å². The normalized spacial score (nSPS) is 10.1. The fraction of sp³-hybridized carbons (Fsp3) is 0.273. The molecule has 0 aliphatic rings. The molecule has 2 N–H and O–H groups in total. The summed E-state index contributed by atoms with van der Waals surface area (Å²) in [5.74, 6) is 0. The molecule has 1 heterocycles. The fourth-order valence-electron chi connectivity index (χ4n) is 1.60. The fourth-order valence-corrected chi connectivity index (χ4v) is 2.69. The number of rotatable bonds is 2. The van der Waals surface area contributed by atoms with E-state index in [2.05, 4.69) is 30.5 Å². The van der Waals surface area contributed by atoms with Crippen LogP contribution >= 0.6 is 23.7 Å². The molecule has 2 rings (SSSR count). The highest BCUT2D eigenvalue weighted by molar-refractivity contribution is 7.17. The zero-order chi connectivity index (χ0) is 9.26. The lowest BCUT2D eigenvalue weighted by atomic mass is 10.1. The lowest BCUT2D eigenvalue weighted by Crippen LogP contribution is -2.01. The van der Waals surface area contributed by atoms with E-state index in [0.29, 0.717) is 0 Å². The summed E-state index contributed by atoms with van der Waals surface area (Å²) in [6, 6.07) is 6.46. The molecule has 0 saturated heterocycles. The first-order valence-electron chi connectivity index (χ1n) is 4.48. The monoisotopic (exact) mass is 227 g/mol. The van der Waals surface area contributed by atoms with E-state index in [0.717, 1.165) is 13.0 Å². The summed E-state index contributed by atoms with van der Waals surface area (Å²) in [4.78, 5) is 0. The molecule has 0 unspecified atom stereocenters. The molecule has 1 aromatic heterocycles. The zero-order valence-corrected chi connectivity index (χ0v) is 9.75. The van der Waals surface area contributed by atoms with Gasteiger partial charge in [-0.15, -0.1) is 23.7 Å². The SMILES string of the molecule is Cc1cccc2c(CCN)csc12.Cl. The number of benzene rings is 1. The van der Waals surface area contributed by atoms with E-state index < -0.39 is 0 Å². The average Bonchev–Trinajstić information content (AvgIpc) is 2.51. The molecule has 0 bridgehead atoms. The van der Waals surface area contributed by atoms with E-state index in [4.69, 9.17) is 5.73 Å². The van der Waals surface area contributed by atoms with Gasteiger partial charge in [-0.2, -0.15) is 0 Å². The van der Waals surface area contributed by atoms with Crippen LogP contribution in [0.1, 0.15) is 11.1 Å². The maximum absolute atomic E-state index is 5.55. The van der Waals surface area contributed by atoms with Crippen LogP contribution in [0, 0.1) is 6.92 Å². The molecule has 1 aromatic carbocycles. The van der Waals surface area contributed by atoms with Crippen LogP contribution in [-0.4, -0.2) is 6.54 Å². The Bertz CT molecular complexity index is 422. The van der Waals surface area contributed by atoms with Crippen molar-refractivity contribution in [1.82, 2.24) is 0 Å². The largest absolute Gasteiger partial charge is 0.330 e. The second kappa shape index (κ2) is 4.78. The van der Waals surface area contributed by atoms with Crippen LogP contribution in [0.4, 0.5) is 0 Å². The second-order valence-corrected chi connectivity index (χ2v) is 4.13. The highest BCUT2D eigenvalue weighted by Crippen LogP contribution is 2.28. The van der Waals surface area contributed by atoms with Gasteiger partial charge in [0.05, 0.1) is 0 Å². The summed E-state index contributed by atoms with van der Waals surface area (Å²) in [7, 11) is 0. The van der Waals surface area contributed by atoms with Gasteiger partial charge in [-0.05, 0) is 41.8 Å². The number of hydrogen-bond donors (Lipinski definition) is 1. The number of thiophene rings is 1. The van der Waals surface area contributed by atoms with Gasteiger partial charge in [-0.1, -0.05) is 18.2 Å². The minimum atomic E-state index is 0. The standard InChI is InChI=1S/C11H13NS.ClH/c1-8-3-2-4-10-9(5-6-12)7-13-11(8)10;/h2-4,7H,5-6,12H2,1H3;1H. The molecular formula is C11H14ClNS. The molecule has 0 atom stereocenters. The average molecular weight is 228 g/mol. The molecule has 0 spiro atoms. The van der Waals surface area contributed by atoms with Crippen molar-refractivity contribution in [3.8, 4) is 0 Å². The van der Waals surface area contributed by atoms with Crippen molar-refractivity contribution in [2.45, 2.75) is 13.3 Å². The van der Waals surface area contributed by atoms with Gasteiger partial charge in [0.15, 0.2) is 0 Å². The Morgan fingerprint density at radius 1 is 1.36 bits per heavy atom. The van der Waals surface area contributed by atoms with Crippen molar-refractivity contribution >= 4 is 33.8 Å². The summed E-state index contributed by atoms with van der Waals surface area (Å²) in [5.41, 5.74) is 8.31. The van der Waals surface area contributed by atoms with Gasteiger partial charge in [0.2, 0.25) is 0 Å². The third kappa shape index (κ3) is 1.92. The van der Waals surface area contributed by atoms with Gasteiger partial charge in [0, 0.05) is 4.70 Å². The molecule has 14 heavy (non-hydrogen) atoms. The molecule has 2 aromatic rings. The van der Waals surface area contributed by atoms with Gasteiger partial charge < -0.3 is 5.73 Å². The molecule has 0 saturated carbocycles. The Morgan fingerprint density at radius 2 is 2.14 bits per heavy atom. The van der Waals surface area contributed by atoms with Gasteiger partial charge in [0.25, 0.3) is 0 Å². The smallest absolute Gasteiger partial charge is 0.0374 e. The number of nitrogens with two attached hydrogens (primary N) is 1. The highest BCUT2D eigenvalue weighted by Gasteiger charge is 2.03. The van der Waals surface area contributed by atoms with Crippen molar-refractivity contribution in [2.24, 2.45) is 5.73 Å². The molecule has 0 aliphatic heterocycles. The topological polar surface area (TPSA) is 26.0 Å². The van der Waals surface area contributed by atoms with Gasteiger partial charge in [0.1, 0.15) is 0 Å². The first-order valence-corrected chi connectivity index (χ1v) is 5.36. The quantitative estimate of drug-likeness (QED) is 0.838. The lowest BCUT2D eigenvalue weighted by molar-refractivity contribution is 0.981. The first-order chi connectivity index (χ1) is 6.33. The van der Waals surface area contributed by atoms with E-state index >= 15 is 0 Å². The third-order valence-corrected chi connectivity index (χ3v) is 3.47. The molecule has 1 nitrogen and oxygen atoms in total. The maximum Gasteiger partial charge on any atom is 0.0374 e. The van der Waals surface area contributed by atoms with Crippen LogP contribution in [0.3, 0.4) is 0 Å². The van der Waals surface area contributed by atoms with Crippen molar-refractivity contribution in [1.29, 1.82) is 0 Å². The Kier molecular flexibility index (Phi) is 3.93. The Hall–Kier alpha value is -0.570. The van der Waals surface area contributed by atoms with Gasteiger partial charge in [-0.25, -0.2) is 0 Å². The van der Waals surface area contributed by atoms with Crippen LogP contribution in [0.5, 0.6) is 0 Å². The Morgan fingerprint density at radius 3 is 2.86 bits per heavy atom. The highest BCUT2D eigenvalue weighted by atomic mass is 35.5. The predicted molar refractivity (Wildman–Crippen MR) is 66.6 cm³/mol. The Labute approximate surface area is 94.3 Å². The van der Waals surface area contributed by atoms with E-state index in [1.807, 2.05) is 11.3 Å². The minimum Gasteiger partial charge on any atom is -0.330 e. The molecule has 0 radical (unpaired) electrons. The summed E-state index contributed by atoms with van der Waals surface area (Å²) in [6.45, 7) is 2.89. The molecule has 0 amide bonds. The number of hydrogen-bond acceptors (Lipinski definition) is 2. The van der Waals surface area contributed by atoms with Crippen molar-refractivity contribution in [3.05, 3.63) is 34.7 Å².